The molecule has 1 aliphatic heterocycles. The van der Waals surface area contributed by atoms with Gasteiger partial charge < -0.3 is 18.9 Å². The molecule has 4 rings (SSSR count). The Morgan fingerprint density at radius 3 is 2.65 bits per heavy atom. The lowest BCUT2D eigenvalue weighted by Crippen LogP contribution is -2.04. The summed E-state index contributed by atoms with van der Waals surface area (Å²) < 4.78 is 21.1. The van der Waals surface area contributed by atoms with Crippen LogP contribution in [0.15, 0.2) is 30.3 Å². The van der Waals surface area contributed by atoms with Crippen molar-refractivity contribution in [3.05, 3.63) is 46.0 Å². The predicted octanol–water partition coefficient (Wildman–Crippen LogP) is 3.43. The summed E-state index contributed by atoms with van der Waals surface area (Å²) in [5.74, 6) is 0.472. The van der Waals surface area contributed by atoms with Crippen LogP contribution in [0.25, 0.3) is 21.5 Å². The third-order valence-corrected chi connectivity index (χ3v) is 4.36. The Bertz CT molecular complexity index is 1090. The summed E-state index contributed by atoms with van der Waals surface area (Å²) in [6.07, 6.45) is 0. The van der Waals surface area contributed by atoms with Gasteiger partial charge in [-0.25, -0.2) is 4.79 Å². The van der Waals surface area contributed by atoms with Gasteiger partial charge in [0.25, 0.3) is 5.69 Å². The monoisotopic (exact) mass is 355 g/mol. The molecule has 0 spiro atoms. The van der Waals surface area contributed by atoms with E-state index in [1.807, 2.05) is 0 Å². The van der Waals surface area contributed by atoms with Crippen LogP contribution in [0.5, 0.6) is 17.2 Å². The topological polar surface area (TPSA) is 97.1 Å². The summed E-state index contributed by atoms with van der Waals surface area (Å²) in [5.41, 5.74) is -0.195. The Hall–Kier alpha value is -3.55. The summed E-state index contributed by atoms with van der Waals surface area (Å²) in [4.78, 5) is 23.5. The number of hydrogen-bond donors (Lipinski definition) is 0. The fourth-order valence-corrected chi connectivity index (χ4v) is 3.28. The van der Waals surface area contributed by atoms with Crippen molar-refractivity contribution >= 4 is 33.2 Å². The Labute approximate surface area is 147 Å². The van der Waals surface area contributed by atoms with Gasteiger partial charge in [0.05, 0.1) is 30.1 Å². The van der Waals surface area contributed by atoms with Crippen molar-refractivity contribution in [2.45, 2.75) is 0 Å². The van der Waals surface area contributed by atoms with Crippen LogP contribution in [0.1, 0.15) is 10.4 Å². The summed E-state index contributed by atoms with van der Waals surface area (Å²) in [6, 6.07) is 8.06. The standard InChI is InChI=1S/C18H13NO7/c1-23-13-5-3-4-9-10(13)6-12(19(21)22)15-11(18(20)24-2)7-14-17(16(9)15)26-8-25-14/h3-7H,8H2,1-2H3. The Kier molecular flexibility index (Phi) is 3.54. The highest BCUT2D eigenvalue weighted by atomic mass is 16.7. The van der Waals surface area contributed by atoms with E-state index in [1.165, 1.54) is 26.4 Å². The first-order chi connectivity index (χ1) is 12.6. The van der Waals surface area contributed by atoms with Gasteiger partial charge in [-0.3, -0.25) is 10.1 Å². The number of rotatable bonds is 3. The number of nitro groups is 1. The molecule has 8 heteroatoms. The van der Waals surface area contributed by atoms with E-state index in [2.05, 4.69) is 0 Å². The fraction of sp³-hybridized carbons (Fsp3) is 0.167. The van der Waals surface area contributed by atoms with E-state index in [0.717, 1.165) is 0 Å². The molecule has 3 aromatic rings. The van der Waals surface area contributed by atoms with Crippen molar-refractivity contribution < 1.29 is 28.7 Å². The number of carbonyl (C=O) groups excluding carboxylic acids is 1. The molecule has 0 N–H and O–H groups in total. The number of nitrogens with zero attached hydrogens (tertiary/aromatic N) is 1. The SMILES string of the molecule is COC(=O)c1cc2c(c3c1c([N+](=O)[O-])cc1c(OC)cccc13)OCO2. The molecule has 26 heavy (non-hydrogen) atoms. The van der Waals surface area contributed by atoms with Gasteiger partial charge in [-0.2, -0.15) is 0 Å². The van der Waals surface area contributed by atoms with Crippen molar-refractivity contribution in [2.75, 3.05) is 21.0 Å². The van der Waals surface area contributed by atoms with E-state index >= 15 is 0 Å². The minimum absolute atomic E-state index is 0.0385. The largest absolute Gasteiger partial charge is 0.496 e. The molecule has 8 nitrogen and oxygen atoms in total. The summed E-state index contributed by atoms with van der Waals surface area (Å²) >= 11 is 0. The molecule has 0 bridgehead atoms. The van der Waals surface area contributed by atoms with Crippen molar-refractivity contribution in [2.24, 2.45) is 0 Å². The zero-order valence-electron chi connectivity index (χ0n) is 13.9. The number of benzene rings is 3. The number of non-ortho nitro benzene ring substituents is 1. The normalized spacial score (nSPS) is 12.4. The van der Waals surface area contributed by atoms with E-state index in [4.69, 9.17) is 18.9 Å². The first-order valence-electron chi connectivity index (χ1n) is 7.65. The summed E-state index contributed by atoms with van der Waals surface area (Å²) in [6.45, 7) is -0.0385. The first-order valence-corrected chi connectivity index (χ1v) is 7.65. The van der Waals surface area contributed by atoms with E-state index in [1.54, 1.807) is 18.2 Å². The van der Waals surface area contributed by atoms with Crippen molar-refractivity contribution in [1.82, 2.24) is 0 Å². The number of ether oxygens (including phenoxy) is 4. The molecule has 132 valence electrons. The molecular formula is C18H13NO7. The van der Waals surface area contributed by atoms with E-state index in [-0.39, 0.29) is 23.4 Å². The van der Waals surface area contributed by atoms with Gasteiger partial charge in [0.1, 0.15) is 5.75 Å². The Morgan fingerprint density at radius 1 is 1.15 bits per heavy atom. The van der Waals surface area contributed by atoms with Gasteiger partial charge in [0.15, 0.2) is 11.5 Å². The van der Waals surface area contributed by atoms with Crippen molar-refractivity contribution in [1.29, 1.82) is 0 Å². The van der Waals surface area contributed by atoms with Crippen LogP contribution in [0, 0.1) is 10.1 Å². The van der Waals surface area contributed by atoms with Gasteiger partial charge in [-0.1, -0.05) is 12.1 Å². The average Bonchev–Trinajstić information content (AvgIpc) is 3.13. The van der Waals surface area contributed by atoms with Gasteiger partial charge >= 0.3 is 5.97 Å². The van der Waals surface area contributed by atoms with Crippen LogP contribution in [0.3, 0.4) is 0 Å². The predicted molar refractivity (Wildman–Crippen MR) is 92.1 cm³/mol. The Balaban J connectivity index is 2.30. The molecule has 0 radical (unpaired) electrons. The number of fused-ring (bicyclic) bond motifs is 5. The van der Waals surface area contributed by atoms with Crippen molar-refractivity contribution in [3.8, 4) is 17.2 Å². The zero-order chi connectivity index (χ0) is 18.4. The van der Waals surface area contributed by atoms with Gasteiger partial charge in [0.2, 0.25) is 6.79 Å². The molecule has 0 unspecified atom stereocenters. The van der Waals surface area contributed by atoms with Crippen LogP contribution in [0.2, 0.25) is 0 Å². The fourth-order valence-electron chi connectivity index (χ4n) is 3.28. The molecule has 0 saturated heterocycles. The molecule has 0 aromatic heterocycles. The maximum absolute atomic E-state index is 12.3. The summed E-state index contributed by atoms with van der Waals surface area (Å²) in [7, 11) is 2.70. The maximum atomic E-state index is 12.3. The molecule has 0 aliphatic carbocycles. The second-order valence-corrected chi connectivity index (χ2v) is 5.61. The van der Waals surface area contributed by atoms with Crippen LogP contribution in [0.4, 0.5) is 5.69 Å². The molecular weight excluding hydrogens is 342 g/mol. The minimum Gasteiger partial charge on any atom is -0.496 e. The van der Waals surface area contributed by atoms with E-state index in [0.29, 0.717) is 33.4 Å². The lowest BCUT2D eigenvalue weighted by Gasteiger charge is -2.13. The van der Waals surface area contributed by atoms with Gasteiger partial charge in [0, 0.05) is 16.8 Å². The number of esters is 1. The smallest absolute Gasteiger partial charge is 0.338 e. The zero-order valence-corrected chi connectivity index (χ0v) is 13.9. The number of methoxy groups -OCH3 is 2. The Morgan fingerprint density at radius 2 is 1.96 bits per heavy atom. The second-order valence-electron chi connectivity index (χ2n) is 5.61. The van der Waals surface area contributed by atoms with Crippen LogP contribution in [-0.2, 0) is 4.74 Å². The quantitative estimate of drug-likeness (QED) is 0.307. The molecule has 1 heterocycles. The number of nitro benzene ring substituents is 1. The van der Waals surface area contributed by atoms with Gasteiger partial charge in [-0.05, 0) is 17.5 Å². The van der Waals surface area contributed by atoms with E-state index < -0.39 is 10.9 Å². The molecule has 0 amide bonds. The van der Waals surface area contributed by atoms with Crippen LogP contribution >= 0.6 is 0 Å². The number of carbonyl (C=O) groups is 1. The lowest BCUT2D eigenvalue weighted by atomic mass is 9.95. The first kappa shape index (κ1) is 15.9. The third kappa shape index (κ3) is 2.12. The highest BCUT2D eigenvalue weighted by Gasteiger charge is 2.30. The van der Waals surface area contributed by atoms with Crippen molar-refractivity contribution in [3.63, 3.8) is 0 Å². The molecule has 0 saturated carbocycles. The average molecular weight is 355 g/mol. The van der Waals surface area contributed by atoms with Crippen LogP contribution < -0.4 is 14.2 Å². The maximum Gasteiger partial charge on any atom is 0.338 e. The lowest BCUT2D eigenvalue weighted by molar-refractivity contribution is -0.383. The van der Waals surface area contributed by atoms with Crippen LogP contribution in [-0.4, -0.2) is 31.9 Å². The second kappa shape index (κ2) is 5.76. The highest BCUT2D eigenvalue weighted by Crippen LogP contribution is 2.48. The number of hydrogen-bond acceptors (Lipinski definition) is 7. The summed E-state index contributed by atoms with van der Waals surface area (Å²) in [5, 5.41) is 13.5. The minimum atomic E-state index is -0.696. The van der Waals surface area contributed by atoms with Gasteiger partial charge in [-0.15, -0.1) is 0 Å². The third-order valence-electron chi connectivity index (χ3n) is 4.36. The molecule has 0 atom stereocenters. The highest BCUT2D eigenvalue weighted by molar-refractivity contribution is 6.22. The molecule has 3 aromatic carbocycles. The van der Waals surface area contributed by atoms with E-state index in [9.17, 15) is 14.9 Å². The molecule has 0 fully saturated rings. The molecule has 1 aliphatic rings.